The maximum atomic E-state index is 12.2. The fourth-order valence-corrected chi connectivity index (χ4v) is 5.04. The van der Waals surface area contributed by atoms with Crippen molar-refractivity contribution in [3.8, 4) is 0 Å². The van der Waals surface area contributed by atoms with Gasteiger partial charge in [-0.1, -0.05) is 64.7 Å². The Morgan fingerprint density at radius 1 is 0.750 bits per heavy atom. The van der Waals surface area contributed by atoms with Crippen LogP contribution in [-0.2, 0) is 14.3 Å². The summed E-state index contributed by atoms with van der Waals surface area (Å²) in [5, 5.41) is 20.8. The van der Waals surface area contributed by atoms with Crippen molar-refractivity contribution < 1.29 is 24.5 Å². The highest BCUT2D eigenvalue weighted by atomic mass is 16.5. The summed E-state index contributed by atoms with van der Waals surface area (Å²) in [6, 6.07) is 0. The van der Waals surface area contributed by atoms with E-state index in [1.165, 1.54) is 19.3 Å². The van der Waals surface area contributed by atoms with E-state index in [0.717, 1.165) is 57.8 Å². The molecule has 5 nitrogen and oxygen atoms in total. The van der Waals surface area contributed by atoms with Crippen molar-refractivity contribution in [3.05, 3.63) is 0 Å². The zero-order valence-electron chi connectivity index (χ0n) is 21.0. The molecule has 5 heteroatoms. The molecule has 2 N–H and O–H groups in total. The maximum Gasteiger partial charge on any atom is 0.306 e. The fourth-order valence-electron chi connectivity index (χ4n) is 5.04. The monoisotopic (exact) mass is 454 g/mol. The first-order chi connectivity index (χ1) is 15.3. The number of aliphatic hydroxyl groups is 2. The summed E-state index contributed by atoms with van der Waals surface area (Å²) in [7, 11) is 0. The first-order valence-corrected chi connectivity index (χ1v) is 13.4. The zero-order chi connectivity index (χ0) is 23.8. The van der Waals surface area contributed by atoms with E-state index in [1.54, 1.807) is 0 Å². The van der Waals surface area contributed by atoms with Crippen LogP contribution in [-0.4, -0.2) is 40.3 Å². The first kappa shape index (κ1) is 29.1. The van der Waals surface area contributed by atoms with Crippen LogP contribution in [0.1, 0.15) is 130 Å². The molecular formula is C27H50O5. The number of ketones is 1. The SMILES string of the molecule is CCCCCCCC(=O)CCC1C(O)CC(O)C1CCCCCCCCC(=O)OC(C)C. The second-order valence-corrected chi connectivity index (χ2v) is 10.1. The Morgan fingerprint density at radius 2 is 1.28 bits per heavy atom. The smallest absolute Gasteiger partial charge is 0.306 e. The van der Waals surface area contributed by atoms with Crippen molar-refractivity contribution in [2.45, 2.75) is 148 Å². The van der Waals surface area contributed by atoms with Crippen LogP contribution >= 0.6 is 0 Å². The molecule has 1 aliphatic carbocycles. The number of ether oxygens (including phenoxy) is 1. The predicted molar refractivity (Wildman–Crippen MR) is 129 cm³/mol. The molecule has 0 bridgehead atoms. The lowest BCUT2D eigenvalue weighted by molar-refractivity contribution is -0.147. The Balaban J connectivity index is 2.17. The molecule has 0 saturated heterocycles. The van der Waals surface area contributed by atoms with E-state index in [4.69, 9.17) is 4.74 Å². The highest BCUT2D eigenvalue weighted by Crippen LogP contribution is 2.39. The van der Waals surface area contributed by atoms with Gasteiger partial charge in [0.1, 0.15) is 5.78 Å². The Morgan fingerprint density at radius 3 is 1.91 bits per heavy atom. The van der Waals surface area contributed by atoms with Gasteiger partial charge in [0.15, 0.2) is 0 Å². The Labute approximate surface area is 196 Å². The van der Waals surface area contributed by atoms with Crippen LogP contribution in [0.5, 0.6) is 0 Å². The van der Waals surface area contributed by atoms with Crippen LogP contribution in [0, 0.1) is 11.8 Å². The van der Waals surface area contributed by atoms with Gasteiger partial charge in [-0.2, -0.15) is 0 Å². The van der Waals surface area contributed by atoms with Gasteiger partial charge in [-0.25, -0.2) is 0 Å². The lowest BCUT2D eigenvalue weighted by Gasteiger charge is -2.23. The summed E-state index contributed by atoms with van der Waals surface area (Å²) in [5.41, 5.74) is 0. The summed E-state index contributed by atoms with van der Waals surface area (Å²) in [6.45, 7) is 5.93. The Bertz CT molecular complexity index is 504. The summed E-state index contributed by atoms with van der Waals surface area (Å²) in [6.07, 6.45) is 15.0. The molecule has 0 aromatic carbocycles. The van der Waals surface area contributed by atoms with E-state index in [9.17, 15) is 19.8 Å². The average molecular weight is 455 g/mol. The van der Waals surface area contributed by atoms with Crippen LogP contribution in [0.4, 0.5) is 0 Å². The molecule has 4 unspecified atom stereocenters. The standard InChI is InChI=1S/C27H50O5/c1-4-5-6-9-12-15-22(28)18-19-24-23(25(29)20-26(24)30)16-13-10-7-8-11-14-17-27(31)32-21(2)3/h21,23-26,29-30H,4-20H2,1-3H3. The average Bonchev–Trinajstić information content (AvgIpc) is 3.00. The summed E-state index contributed by atoms with van der Waals surface area (Å²) in [5.74, 6) is 0.384. The lowest BCUT2D eigenvalue weighted by Crippen LogP contribution is -2.23. The number of Topliss-reactive ketones (excluding diaryl/α,β-unsaturated/α-hetero) is 1. The van der Waals surface area contributed by atoms with Gasteiger partial charge in [0.2, 0.25) is 0 Å². The van der Waals surface area contributed by atoms with Gasteiger partial charge < -0.3 is 14.9 Å². The Hall–Kier alpha value is -0.940. The topological polar surface area (TPSA) is 83.8 Å². The van der Waals surface area contributed by atoms with Crippen molar-refractivity contribution in [2.75, 3.05) is 0 Å². The second kappa shape index (κ2) is 17.5. The van der Waals surface area contributed by atoms with Crippen molar-refractivity contribution in [3.63, 3.8) is 0 Å². The summed E-state index contributed by atoms with van der Waals surface area (Å²) < 4.78 is 5.14. The van der Waals surface area contributed by atoms with E-state index in [2.05, 4.69) is 6.92 Å². The van der Waals surface area contributed by atoms with Gasteiger partial charge in [0.05, 0.1) is 18.3 Å². The maximum absolute atomic E-state index is 12.2. The minimum Gasteiger partial charge on any atom is -0.463 e. The molecule has 1 fully saturated rings. The largest absolute Gasteiger partial charge is 0.463 e. The highest BCUT2D eigenvalue weighted by molar-refractivity contribution is 5.78. The second-order valence-electron chi connectivity index (χ2n) is 10.1. The summed E-state index contributed by atoms with van der Waals surface area (Å²) in [4.78, 5) is 23.8. The van der Waals surface area contributed by atoms with Crippen molar-refractivity contribution in [1.29, 1.82) is 0 Å². The molecule has 0 spiro atoms. The van der Waals surface area contributed by atoms with E-state index in [0.29, 0.717) is 37.9 Å². The van der Waals surface area contributed by atoms with Crippen LogP contribution in [0.3, 0.4) is 0 Å². The van der Waals surface area contributed by atoms with Gasteiger partial charge in [0, 0.05) is 19.3 Å². The van der Waals surface area contributed by atoms with E-state index in [-0.39, 0.29) is 23.9 Å². The molecule has 0 aromatic rings. The van der Waals surface area contributed by atoms with Crippen LogP contribution in [0.15, 0.2) is 0 Å². The zero-order valence-corrected chi connectivity index (χ0v) is 21.0. The molecule has 4 atom stereocenters. The quantitative estimate of drug-likeness (QED) is 0.181. The molecule has 1 saturated carbocycles. The van der Waals surface area contributed by atoms with E-state index < -0.39 is 12.2 Å². The van der Waals surface area contributed by atoms with E-state index in [1.807, 2.05) is 13.8 Å². The number of esters is 1. The number of carbonyl (C=O) groups is 2. The minimum atomic E-state index is -0.474. The van der Waals surface area contributed by atoms with Crippen LogP contribution in [0.2, 0.25) is 0 Å². The van der Waals surface area contributed by atoms with Gasteiger partial charge in [-0.3, -0.25) is 9.59 Å². The third-order valence-electron chi connectivity index (χ3n) is 6.87. The minimum absolute atomic E-state index is 0.0375. The normalized spacial score (nSPS) is 23.1. The first-order valence-electron chi connectivity index (χ1n) is 13.4. The number of aliphatic hydroxyl groups excluding tert-OH is 2. The Kier molecular flexibility index (Phi) is 15.9. The fraction of sp³-hybridized carbons (Fsp3) is 0.926. The number of hydrogen-bond acceptors (Lipinski definition) is 5. The predicted octanol–water partition coefficient (Wildman–Crippen LogP) is 6.13. The summed E-state index contributed by atoms with van der Waals surface area (Å²) >= 11 is 0. The van der Waals surface area contributed by atoms with Crippen LogP contribution in [0.25, 0.3) is 0 Å². The molecule has 1 aliphatic rings. The number of unbranched alkanes of at least 4 members (excludes halogenated alkanes) is 9. The van der Waals surface area contributed by atoms with Gasteiger partial charge in [0.25, 0.3) is 0 Å². The van der Waals surface area contributed by atoms with Gasteiger partial charge >= 0.3 is 5.97 Å². The molecule has 0 radical (unpaired) electrons. The van der Waals surface area contributed by atoms with E-state index >= 15 is 0 Å². The lowest BCUT2D eigenvalue weighted by atomic mass is 9.84. The molecule has 0 amide bonds. The molecule has 32 heavy (non-hydrogen) atoms. The number of carbonyl (C=O) groups excluding carboxylic acids is 2. The van der Waals surface area contributed by atoms with Gasteiger partial charge in [-0.15, -0.1) is 0 Å². The third kappa shape index (κ3) is 12.9. The molecule has 0 aliphatic heterocycles. The molecule has 0 heterocycles. The molecule has 188 valence electrons. The van der Waals surface area contributed by atoms with Crippen LogP contribution < -0.4 is 0 Å². The highest BCUT2D eigenvalue weighted by Gasteiger charge is 2.40. The molecular weight excluding hydrogens is 404 g/mol. The number of rotatable bonds is 19. The van der Waals surface area contributed by atoms with Gasteiger partial charge in [-0.05, 0) is 57.8 Å². The van der Waals surface area contributed by atoms with Crippen molar-refractivity contribution >= 4 is 11.8 Å². The molecule has 1 rings (SSSR count). The third-order valence-corrected chi connectivity index (χ3v) is 6.87. The molecule has 0 aromatic heterocycles. The van der Waals surface area contributed by atoms with Crippen molar-refractivity contribution in [2.24, 2.45) is 11.8 Å². The van der Waals surface area contributed by atoms with Crippen molar-refractivity contribution in [1.82, 2.24) is 0 Å². The number of hydrogen-bond donors (Lipinski definition) is 2.